The Kier molecular flexibility index (Phi) is 6.68. The Morgan fingerprint density at radius 3 is 2.53 bits per heavy atom. The Bertz CT molecular complexity index is 1370. The minimum absolute atomic E-state index is 0.200. The van der Waals surface area contributed by atoms with E-state index in [0.717, 1.165) is 16.7 Å². The van der Waals surface area contributed by atoms with Gasteiger partial charge in [0.25, 0.3) is 11.5 Å². The van der Waals surface area contributed by atoms with Crippen molar-refractivity contribution in [2.45, 2.75) is 20.4 Å². The van der Waals surface area contributed by atoms with Crippen LogP contribution in [0.5, 0.6) is 11.5 Å². The average Bonchev–Trinajstić information content (AvgIpc) is 2.86. The standard InChI is InChI=1S/C26H25N5O3/c1-17-6-4-8-22(18(17)2)34-23-16-29-31(3)26(33)24(23)30-21-11-9-20(10-12-21)25(32)28-15-19-7-5-13-27-14-19/h4-14,16,30H,15H2,1-3H3,(H,28,32). The number of nitrogens with zero attached hydrogens (tertiary/aromatic N) is 3. The molecule has 0 atom stereocenters. The van der Waals surface area contributed by atoms with E-state index in [1.54, 1.807) is 43.7 Å². The summed E-state index contributed by atoms with van der Waals surface area (Å²) in [4.78, 5) is 29.3. The van der Waals surface area contributed by atoms with E-state index in [9.17, 15) is 9.59 Å². The third kappa shape index (κ3) is 5.12. The molecule has 2 N–H and O–H groups in total. The maximum Gasteiger partial charge on any atom is 0.294 e. The summed E-state index contributed by atoms with van der Waals surface area (Å²) in [5.41, 5.74) is 4.05. The number of pyridine rings is 1. The Hall–Kier alpha value is -4.46. The molecule has 4 aromatic rings. The van der Waals surface area contributed by atoms with E-state index in [1.807, 2.05) is 44.2 Å². The maximum atomic E-state index is 12.8. The number of aromatic nitrogens is 3. The number of amides is 1. The number of anilines is 2. The van der Waals surface area contributed by atoms with Crippen molar-refractivity contribution in [3.63, 3.8) is 0 Å². The minimum Gasteiger partial charge on any atom is -0.453 e. The van der Waals surface area contributed by atoms with Crippen molar-refractivity contribution in [3.8, 4) is 11.5 Å². The molecule has 0 aliphatic rings. The first-order valence-corrected chi connectivity index (χ1v) is 10.8. The van der Waals surface area contributed by atoms with Crippen LogP contribution < -0.4 is 20.9 Å². The van der Waals surface area contributed by atoms with Crippen LogP contribution in [0.4, 0.5) is 11.4 Å². The van der Waals surface area contributed by atoms with Gasteiger partial charge < -0.3 is 15.4 Å². The fourth-order valence-electron chi connectivity index (χ4n) is 3.31. The second kappa shape index (κ2) is 9.99. The van der Waals surface area contributed by atoms with Crippen molar-refractivity contribution in [2.24, 2.45) is 7.05 Å². The third-order valence-corrected chi connectivity index (χ3v) is 5.47. The highest BCUT2D eigenvalue weighted by Gasteiger charge is 2.15. The van der Waals surface area contributed by atoms with Crippen LogP contribution in [0.3, 0.4) is 0 Å². The van der Waals surface area contributed by atoms with E-state index in [2.05, 4.69) is 20.7 Å². The Labute approximate surface area is 197 Å². The van der Waals surface area contributed by atoms with E-state index in [4.69, 9.17) is 4.74 Å². The highest BCUT2D eigenvalue weighted by atomic mass is 16.5. The van der Waals surface area contributed by atoms with Gasteiger partial charge in [-0.1, -0.05) is 18.2 Å². The topological polar surface area (TPSA) is 98.1 Å². The Morgan fingerprint density at radius 1 is 1.00 bits per heavy atom. The van der Waals surface area contributed by atoms with Crippen molar-refractivity contribution < 1.29 is 9.53 Å². The van der Waals surface area contributed by atoms with Crippen LogP contribution in [-0.2, 0) is 13.6 Å². The minimum atomic E-state index is -0.332. The normalized spacial score (nSPS) is 10.6. The van der Waals surface area contributed by atoms with E-state index < -0.39 is 0 Å². The summed E-state index contributed by atoms with van der Waals surface area (Å²) in [5, 5.41) is 10.1. The SMILES string of the molecule is Cc1cccc(Oc2cnn(C)c(=O)c2Nc2ccc(C(=O)NCc3cccnc3)cc2)c1C. The van der Waals surface area contributed by atoms with Gasteiger partial charge in [-0.05, 0) is 66.9 Å². The molecule has 0 fully saturated rings. The molecule has 0 unspecified atom stereocenters. The third-order valence-electron chi connectivity index (χ3n) is 5.47. The average molecular weight is 456 g/mol. The number of hydrogen-bond donors (Lipinski definition) is 2. The van der Waals surface area contributed by atoms with Crippen LogP contribution in [0.1, 0.15) is 27.0 Å². The van der Waals surface area contributed by atoms with Gasteiger partial charge in [-0.25, -0.2) is 4.68 Å². The maximum absolute atomic E-state index is 12.8. The van der Waals surface area contributed by atoms with Gasteiger partial charge in [0.1, 0.15) is 5.75 Å². The zero-order chi connectivity index (χ0) is 24.1. The molecule has 2 aromatic carbocycles. The highest BCUT2D eigenvalue weighted by molar-refractivity contribution is 5.94. The molecule has 34 heavy (non-hydrogen) atoms. The molecule has 0 aliphatic carbocycles. The van der Waals surface area contributed by atoms with E-state index in [-0.39, 0.29) is 17.2 Å². The van der Waals surface area contributed by atoms with Crippen molar-refractivity contribution >= 4 is 17.3 Å². The van der Waals surface area contributed by atoms with Crippen molar-refractivity contribution in [2.75, 3.05) is 5.32 Å². The van der Waals surface area contributed by atoms with Crippen molar-refractivity contribution in [3.05, 3.63) is 106 Å². The predicted molar refractivity (Wildman–Crippen MR) is 131 cm³/mol. The van der Waals surface area contributed by atoms with Gasteiger partial charge >= 0.3 is 0 Å². The van der Waals surface area contributed by atoms with Crippen molar-refractivity contribution in [1.29, 1.82) is 0 Å². The van der Waals surface area contributed by atoms with E-state index in [1.165, 1.54) is 10.9 Å². The zero-order valence-electron chi connectivity index (χ0n) is 19.2. The quantitative estimate of drug-likeness (QED) is 0.432. The van der Waals surface area contributed by atoms with Gasteiger partial charge in [-0.15, -0.1) is 0 Å². The lowest BCUT2D eigenvalue weighted by Crippen LogP contribution is -2.23. The lowest BCUT2D eigenvalue weighted by molar-refractivity contribution is 0.0951. The van der Waals surface area contributed by atoms with Gasteiger partial charge in [0.05, 0.1) is 6.20 Å². The summed E-state index contributed by atoms with van der Waals surface area (Å²) in [6.45, 7) is 4.35. The first-order chi connectivity index (χ1) is 16.4. The molecule has 0 saturated heterocycles. The summed E-state index contributed by atoms with van der Waals surface area (Å²) in [7, 11) is 1.57. The molecule has 8 nitrogen and oxygen atoms in total. The van der Waals surface area contributed by atoms with Crippen LogP contribution in [0.25, 0.3) is 0 Å². The van der Waals surface area contributed by atoms with Gasteiger partial charge in [-0.2, -0.15) is 5.10 Å². The Morgan fingerprint density at radius 2 is 1.79 bits per heavy atom. The molecule has 8 heteroatoms. The molecule has 0 spiro atoms. The second-order valence-electron chi connectivity index (χ2n) is 7.86. The van der Waals surface area contributed by atoms with Gasteiger partial charge in [0.15, 0.2) is 11.4 Å². The Balaban J connectivity index is 1.52. The lowest BCUT2D eigenvalue weighted by Gasteiger charge is -2.15. The first kappa shape index (κ1) is 22.7. The van der Waals surface area contributed by atoms with Crippen LogP contribution in [0.2, 0.25) is 0 Å². The number of aryl methyl sites for hydroxylation is 2. The summed E-state index contributed by atoms with van der Waals surface area (Å²) in [6, 6.07) is 16.3. The smallest absolute Gasteiger partial charge is 0.294 e. The highest BCUT2D eigenvalue weighted by Crippen LogP contribution is 2.31. The van der Waals surface area contributed by atoms with Crippen LogP contribution in [0, 0.1) is 13.8 Å². The molecule has 0 saturated carbocycles. The molecule has 0 bridgehead atoms. The molecule has 2 aromatic heterocycles. The number of rotatable bonds is 7. The number of nitrogens with one attached hydrogen (secondary N) is 2. The van der Waals surface area contributed by atoms with E-state index >= 15 is 0 Å². The largest absolute Gasteiger partial charge is 0.453 e. The molecule has 0 aliphatic heterocycles. The number of carbonyl (C=O) groups is 1. The second-order valence-corrected chi connectivity index (χ2v) is 7.86. The molecule has 0 radical (unpaired) electrons. The lowest BCUT2D eigenvalue weighted by atomic mass is 10.1. The number of ether oxygens (including phenoxy) is 1. The monoisotopic (exact) mass is 455 g/mol. The molecule has 1 amide bonds. The number of hydrogen-bond acceptors (Lipinski definition) is 6. The first-order valence-electron chi connectivity index (χ1n) is 10.8. The fraction of sp³-hybridized carbons (Fsp3) is 0.154. The fourth-order valence-corrected chi connectivity index (χ4v) is 3.31. The van der Waals surface area contributed by atoms with Crippen molar-refractivity contribution in [1.82, 2.24) is 20.1 Å². The van der Waals surface area contributed by atoms with Gasteiger partial charge in [0, 0.05) is 37.2 Å². The molecular formula is C26H25N5O3. The van der Waals surface area contributed by atoms with Crippen LogP contribution in [-0.4, -0.2) is 20.7 Å². The van der Waals surface area contributed by atoms with Crippen LogP contribution >= 0.6 is 0 Å². The molecular weight excluding hydrogens is 430 g/mol. The summed E-state index contributed by atoms with van der Waals surface area (Å²) < 4.78 is 7.29. The summed E-state index contributed by atoms with van der Waals surface area (Å²) in [5.74, 6) is 0.767. The molecule has 2 heterocycles. The molecule has 172 valence electrons. The predicted octanol–water partition coefficient (Wildman–Crippen LogP) is 4.26. The van der Waals surface area contributed by atoms with Crippen LogP contribution in [0.15, 0.2) is 78.0 Å². The van der Waals surface area contributed by atoms with Gasteiger partial charge in [0.2, 0.25) is 0 Å². The number of carbonyl (C=O) groups excluding carboxylic acids is 1. The summed E-state index contributed by atoms with van der Waals surface area (Å²) >= 11 is 0. The van der Waals surface area contributed by atoms with Gasteiger partial charge in [-0.3, -0.25) is 14.6 Å². The zero-order valence-corrected chi connectivity index (χ0v) is 19.2. The summed E-state index contributed by atoms with van der Waals surface area (Å²) in [6.07, 6.45) is 4.90. The molecule has 4 rings (SSSR count). The number of benzene rings is 2. The van der Waals surface area contributed by atoms with E-state index in [0.29, 0.717) is 29.3 Å².